The number of benzene rings is 2. The number of carbonyl (C=O) groups is 2. The van der Waals surface area contributed by atoms with Gasteiger partial charge in [-0.15, -0.1) is 0 Å². The summed E-state index contributed by atoms with van der Waals surface area (Å²) in [5.41, 5.74) is 3.47. The van der Waals surface area contributed by atoms with E-state index in [1.807, 2.05) is 26.0 Å². The van der Waals surface area contributed by atoms with Crippen molar-refractivity contribution in [3.8, 4) is 0 Å². The van der Waals surface area contributed by atoms with Crippen molar-refractivity contribution in [2.45, 2.75) is 39.7 Å². The van der Waals surface area contributed by atoms with Gasteiger partial charge in [0.25, 0.3) is 5.91 Å². The lowest BCUT2D eigenvalue weighted by Crippen LogP contribution is -2.37. The van der Waals surface area contributed by atoms with Gasteiger partial charge in [0.2, 0.25) is 11.9 Å². The summed E-state index contributed by atoms with van der Waals surface area (Å²) in [5, 5.41) is 9.38. The molecule has 3 rings (SSSR count). The minimum Gasteiger partial charge on any atom is -0.376 e. The molecular weight excluding hydrogens is 416 g/mol. The number of guanidine groups is 1. The van der Waals surface area contributed by atoms with Gasteiger partial charge in [0.1, 0.15) is 0 Å². The number of aliphatic imine (C=N–C) groups is 1. The lowest BCUT2D eigenvalue weighted by atomic mass is 10.1. The molecule has 2 amide bonds. The highest BCUT2D eigenvalue weighted by molar-refractivity contribution is 6.31. The number of ether oxygens (including phenoxy) is 1. The molecular formula is C23H27ClN4O3. The van der Waals surface area contributed by atoms with Crippen molar-refractivity contribution in [1.29, 1.82) is 0 Å². The highest BCUT2D eigenvalue weighted by Crippen LogP contribution is 2.23. The van der Waals surface area contributed by atoms with Crippen LogP contribution < -0.4 is 16.0 Å². The van der Waals surface area contributed by atoms with Gasteiger partial charge < -0.3 is 15.4 Å². The maximum Gasteiger partial charge on any atom is 0.258 e. The van der Waals surface area contributed by atoms with Crippen LogP contribution in [0.25, 0.3) is 0 Å². The van der Waals surface area contributed by atoms with Crippen LogP contribution in [0.5, 0.6) is 0 Å². The van der Waals surface area contributed by atoms with E-state index in [0.29, 0.717) is 28.8 Å². The standard InChI is InChI=1S/C23H27ClN4O3/c1-14-9-10-17(12-21(14)26-16(3)29)22(30)28-23(25-13-18-6-5-11-31-18)27-20-8-4-7-19(24)15(20)2/h4,7-10,12,18H,5-6,11,13H2,1-3H3,(H,26,29)(H2,25,27,28,30)/t18-/m1/s1. The number of rotatable bonds is 5. The van der Waals surface area contributed by atoms with E-state index in [4.69, 9.17) is 16.3 Å². The topological polar surface area (TPSA) is 91.8 Å². The second-order valence-electron chi connectivity index (χ2n) is 7.53. The van der Waals surface area contributed by atoms with Crippen LogP contribution in [0.15, 0.2) is 41.4 Å². The predicted octanol–water partition coefficient (Wildman–Crippen LogP) is 4.29. The maximum atomic E-state index is 12.9. The van der Waals surface area contributed by atoms with Crippen LogP contribution >= 0.6 is 11.6 Å². The Kier molecular flexibility index (Phi) is 7.65. The van der Waals surface area contributed by atoms with Crippen LogP contribution in [0.3, 0.4) is 0 Å². The van der Waals surface area contributed by atoms with Crippen LogP contribution in [-0.4, -0.2) is 37.0 Å². The first-order valence-electron chi connectivity index (χ1n) is 10.2. The second kappa shape index (κ2) is 10.4. The number of aryl methyl sites for hydroxylation is 1. The number of carbonyl (C=O) groups excluding carboxylic acids is 2. The molecule has 1 heterocycles. The molecule has 0 unspecified atom stereocenters. The first-order valence-corrected chi connectivity index (χ1v) is 10.6. The molecule has 31 heavy (non-hydrogen) atoms. The molecule has 0 aromatic heterocycles. The average molecular weight is 443 g/mol. The molecule has 1 atom stereocenters. The molecule has 0 spiro atoms. The van der Waals surface area contributed by atoms with E-state index in [-0.39, 0.29) is 17.9 Å². The van der Waals surface area contributed by atoms with Crippen molar-refractivity contribution in [2.75, 3.05) is 23.8 Å². The van der Waals surface area contributed by atoms with E-state index in [1.54, 1.807) is 24.3 Å². The molecule has 8 heteroatoms. The zero-order chi connectivity index (χ0) is 22.4. The van der Waals surface area contributed by atoms with Crippen molar-refractivity contribution < 1.29 is 14.3 Å². The van der Waals surface area contributed by atoms with Crippen LogP contribution in [0, 0.1) is 13.8 Å². The molecule has 0 saturated carbocycles. The van der Waals surface area contributed by atoms with E-state index in [1.165, 1.54) is 6.92 Å². The van der Waals surface area contributed by atoms with E-state index < -0.39 is 0 Å². The summed E-state index contributed by atoms with van der Waals surface area (Å²) in [4.78, 5) is 28.9. The van der Waals surface area contributed by atoms with E-state index in [2.05, 4.69) is 20.9 Å². The zero-order valence-corrected chi connectivity index (χ0v) is 18.7. The predicted molar refractivity (Wildman–Crippen MR) is 124 cm³/mol. The van der Waals surface area contributed by atoms with Crippen molar-refractivity contribution >= 4 is 40.7 Å². The van der Waals surface area contributed by atoms with Crippen molar-refractivity contribution in [3.63, 3.8) is 0 Å². The monoisotopic (exact) mass is 442 g/mol. The number of nitrogens with zero attached hydrogens (tertiary/aromatic N) is 1. The van der Waals surface area contributed by atoms with Crippen molar-refractivity contribution in [2.24, 2.45) is 4.99 Å². The van der Waals surface area contributed by atoms with Gasteiger partial charge in [0.15, 0.2) is 0 Å². The third kappa shape index (κ3) is 6.29. The molecule has 2 aromatic rings. The number of hydrogen-bond acceptors (Lipinski definition) is 4. The van der Waals surface area contributed by atoms with E-state index in [9.17, 15) is 9.59 Å². The van der Waals surface area contributed by atoms with Gasteiger partial charge in [-0.3, -0.25) is 14.9 Å². The molecule has 164 valence electrons. The van der Waals surface area contributed by atoms with Gasteiger partial charge in [-0.25, -0.2) is 4.99 Å². The van der Waals surface area contributed by atoms with Crippen molar-refractivity contribution in [3.05, 3.63) is 58.1 Å². The Morgan fingerprint density at radius 3 is 2.68 bits per heavy atom. The Hall–Kier alpha value is -2.90. The molecule has 2 aromatic carbocycles. The van der Waals surface area contributed by atoms with Gasteiger partial charge in [0, 0.05) is 35.5 Å². The molecule has 1 saturated heterocycles. The third-order valence-electron chi connectivity index (χ3n) is 5.04. The minimum absolute atomic E-state index is 0.0416. The molecule has 1 aliphatic rings. The summed E-state index contributed by atoms with van der Waals surface area (Å²) in [6.45, 7) is 6.36. The van der Waals surface area contributed by atoms with Crippen LogP contribution in [0.1, 0.15) is 41.3 Å². The summed E-state index contributed by atoms with van der Waals surface area (Å²) >= 11 is 6.23. The molecule has 1 fully saturated rings. The van der Waals surface area contributed by atoms with Gasteiger partial charge >= 0.3 is 0 Å². The van der Waals surface area contributed by atoms with Crippen LogP contribution in [0.2, 0.25) is 5.02 Å². The summed E-state index contributed by atoms with van der Waals surface area (Å²) in [6.07, 6.45) is 2.00. The highest BCUT2D eigenvalue weighted by Gasteiger charge is 2.17. The molecule has 3 N–H and O–H groups in total. The largest absolute Gasteiger partial charge is 0.376 e. The number of halogens is 1. The van der Waals surface area contributed by atoms with E-state index in [0.717, 1.165) is 36.3 Å². The number of nitrogens with one attached hydrogen (secondary N) is 3. The number of amides is 2. The van der Waals surface area contributed by atoms with Gasteiger partial charge in [-0.2, -0.15) is 0 Å². The SMILES string of the molecule is CC(=O)Nc1cc(C(=O)NC(=NC[C@H]2CCCO2)Nc2cccc(Cl)c2C)ccc1C. The molecule has 1 aliphatic heterocycles. The fourth-order valence-corrected chi connectivity index (χ4v) is 3.40. The Morgan fingerprint density at radius 2 is 1.97 bits per heavy atom. The Bertz CT molecular complexity index is 1000. The third-order valence-corrected chi connectivity index (χ3v) is 5.45. The first-order chi connectivity index (χ1) is 14.8. The second-order valence-corrected chi connectivity index (χ2v) is 7.93. The quantitative estimate of drug-likeness (QED) is 0.475. The Balaban J connectivity index is 1.81. The average Bonchev–Trinajstić information content (AvgIpc) is 3.24. The summed E-state index contributed by atoms with van der Waals surface area (Å²) in [5.74, 6) is -0.227. The van der Waals surface area contributed by atoms with Gasteiger partial charge in [0.05, 0.1) is 12.6 Å². The van der Waals surface area contributed by atoms with Crippen LogP contribution in [-0.2, 0) is 9.53 Å². The molecule has 7 nitrogen and oxygen atoms in total. The molecule has 0 aliphatic carbocycles. The Labute approximate surface area is 187 Å². The Morgan fingerprint density at radius 1 is 1.16 bits per heavy atom. The summed E-state index contributed by atoms with van der Waals surface area (Å²) in [7, 11) is 0. The normalized spacial score (nSPS) is 16.1. The van der Waals surface area contributed by atoms with Gasteiger partial charge in [-0.05, 0) is 62.1 Å². The number of anilines is 2. The fraction of sp³-hybridized carbons (Fsp3) is 0.348. The van der Waals surface area contributed by atoms with Gasteiger partial charge in [-0.1, -0.05) is 23.7 Å². The van der Waals surface area contributed by atoms with E-state index >= 15 is 0 Å². The molecule has 0 radical (unpaired) electrons. The zero-order valence-electron chi connectivity index (χ0n) is 17.9. The minimum atomic E-state index is -0.343. The maximum absolute atomic E-state index is 12.9. The summed E-state index contributed by atoms with van der Waals surface area (Å²) in [6, 6.07) is 10.6. The van der Waals surface area contributed by atoms with Crippen molar-refractivity contribution in [1.82, 2.24) is 5.32 Å². The smallest absolute Gasteiger partial charge is 0.258 e. The fourth-order valence-electron chi connectivity index (χ4n) is 3.23. The molecule has 0 bridgehead atoms. The highest BCUT2D eigenvalue weighted by atomic mass is 35.5. The summed E-state index contributed by atoms with van der Waals surface area (Å²) < 4.78 is 5.64. The lowest BCUT2D eigenvalue weighted by Gasteiger charge is -2.16. The number of hydrogen-bond donors (Lipinski definition) is 3. The first kappa shape index (κ1) is 22.8. The van der Waals surface area contributed by atoms with Crippen LogP contribution in [0.4, 0.5) is 11.4 Å². The lowest BCUT2D eigenvalue weighted by molar-refractivity contribution is -0.114.